The molecule has 1 saturated heterocycles. The van der Waals surface area contributed by atoms with Crippen molar-refractivity contribution in [2.45, 2.75) is 26.2 Å². The van der Waals surface area contributed by atoms with Crippen LogP contribution in [-0.4, -0.2) is 36.9 Å². The van der Waals surface area contributed by atoms with E-state index in [1.807, 2.05) is 6.92 Å². The van der Waals surface area contributed by atoms with Gasteiger partial charge in [0.15, 0.2) is 0 Å². The molecule has 0 N–H and O–H groups in total. The third kappa shape index (κ3) is 2.24. The maximum absolute atomic E-state index is 11.8. The van der Waals surface area contributed by atoms with E-state index in [1.54, 1.807) is 4.31 Å². The van der Waals surface area contributed by atoms with Gasteiger partial charge in [-0.2, -0.15) is 0 Å². The molecule has 0 radical (unpaired) electrons. The summed E-state index contributed by atoms with van der Waals surface area (Å²) < 4.78 is 25.3. The van der Waals surface area contributed by atoms with Gasteiger partial charge in [0.1, 0.15) is 0 Å². The van der Waals surface area contributed by atoms with E-state index in [0.717, 1.165) is 18.4 Å². The van der Waals surface area contributed by atoms with Gasteiger partial charge < -0.3 is 0 Å². The van der Waals surface area contributed by atoms with Crippen LogP contribution in [0.25, 0.3) is 0 Å². The Balaban J connectivity index is 2.06. The minimum Gasteiger partial charge on any atom is -0.212 e. The number of halogens is 1. The lowest BCUT2D eigenvalue weighted by atomic mass is 9.70. The molecule has 3 nitrogen and oxygen atoms in total. The summed E-state index contributed by atoms with van der Waals surface area (Å²) in [7, 11) is -2.94. The van der Waals surface area contributed by atoms with Crippen LogP contribution in [0, 0.1) is 11.3 Å². The summed E-state index contributed by atoms with van der Waals surface area (Å²) >= 11 is 3.52. The monoisotopic (exact) mass is 295 g/mol. The Bertz CT molecular complexity index is 332. The maximum Gasteiger partial charge on any atom is 0.214 e. The lowest BCUT2D eigenvalue weighted by molar-refractivity contribution is 0.131. The molecule has 1 unspecified atom stereocenters. The van der Waals surface area contributed by atoms with Gasteiger partial charge in [0.2, 0.25) is 10.0 Å². The van der Waals surface area contributed by atoms with Gasteiger partial charge in [0.05, 0.1) is 5.75 Å². The molecule has 0 bridgehead atoms. The first-order chi connectivity index (χ1) is 6.97. The lowest BCUT2D eigenvalue weighted by Crippen LogP contribution is -2.44. The second-order valence-corrected chi connectivity index (χ2v) is 7.74. The molecule has 88 valence electrons. The van der Waals surface area contributed by atoms with Crippen LogP contribution in [0.15, 0.2) is 0 Å². The first-order valence-electron chi connectivity index (χ1n) is 5.51. The number of alkyl halides is 1. The molecule has 1 aliphatic carbocycles. The van der Waals surface area contributed by atoms with Crippen molar-refractivity contribution in [2.75, 3.05) is 24.2 Å². The zero-order valence-corrected chi connectivity index (χ0v) is 11.5. The quantitative estimate of drug-likeness (QED) is 0.745. The fourth-order valence-electron chi connectivity index (χ4n) is 2.53. The summed E-state index contributed by atoms with van der Waals surface area (Å²) in [6.45, 7) is 3.46. The topological polar surface area (TPSA) is 37.4 Å². The Kier molecular flexibility index (Phi) is 3.17. The zero-order chi connectivity index (χ0) is 11.1. The number of sulfonamides is 1. The van der Waals surface area contributed by atoms with Crippen LogP contribution < -0.4 is 0 Å². The predicted octanol–water partition coefficient (Wildman–Crippen LogP) is 1.83. The van der Waals surface area contributed by atoms with Gasteiger partial charge in [-0.3, -0.25) is 0 Å². The molecule has 0 spiro atoms. The van der Waals surface area contributed by atoms with E-state index in [0.29, 0.717) is 11.7 Å². The second-order valence-electron chi connectivity index (χ2n) is 5.16. The van der Waals surface area contributed by atoms with Crippen molar-refractivity contribution in [3.05, 3.63) is 0 Å². The van der Waals surface area contributed by atoms with Crippen molar-refractivity contribution < 1.29 is 8.42 Å². The minimum atomic E-state index is -2.94. The second kappa shape index (κ2) is 4.00. The van der Waals surface area contributed by atoms with Crippen molar-refractivity contribution in [1.82, 2.24) is 4.31 Å². The number of hydrogen-bond acceptors (Lipinski definition) is 2. The molecular formula is C10H18BrNO2S. The van der Waals surface area contributed by atoms with E-state index in [2.05, 4.69) is 15.9 Å². The Morgan fingerprint density at radius 3 is 2.47 bits per heavy atom. The zero-order valence-electron chi connectivity index (χ0n) is 9.08. The average molecular weight is 296 g/mol. The van der Waals surface area contributed by atoms with Crippen LogP contribution in [0.2, 0.25) is 0 Å². The van der Waals surface area contributed by atoms with Crippen LogP contribution in [0.3, 0.4) is 0 Å². The van der Waals surface area contributed by atoms with Crippen molar-refractivity contribution in [3.63, 3.8) is 0 Å². The van der Waals surface area contributed by atoms with E-state index in [9.17, 15) is 8.42 Å². The van der Waals surface area contributed by atoms with Gasteiger partial charge in [-0.15, -0.1) is 0 Å². The highest BCUT2D eigenvalue weighted by molar-refractivity contribution is 9.09. The standard InChI is InChI=1S/C10H18BrNO2S/c1-9-5-12(15(13,14)6-9)8-10(7-11)3-2-4-10/h9H,2-8H2,1H3. The molecule has 0 aromatic heterocycles. The van der Waals surface area contributed by atoms with Crippen molar-refractivity contribution in [2.24, 2.45) is 11.3 Å². The first kappa shape index (κ1) is 11.9. The Hall–Kier alpha value is 0.390. The van der Waals surface area contributed by atoms with Crippen LogP contribution in [-0.2, 0) is 10.0 Å². The third-order valence-corrected chi connectivity index (χ3v) is 6.86. The molecule has 0 amide bonds. The molecule has 1 saturated carbocycles. The SMILES string of the molecule is CC1CN(CC2(CBr)CCC2)S(=O)(=O)C1. The summed E-state index contributed by atoms with van der Waals surface area (Å²) in [6, 6.07) is 0. The highest BCUT2D eigenvalue weighted by Crippen LogP contribution is 2.44. The predicted molar refractivity (Wildman–Crippen MR) is 64.6 cm³/mol. The molecule has 0 aromatic rings. The average Bonchev–Trinajstić information content (AvgIpc) is 2.32. The molecule has 1 aliphatic heterocycles. The van der Waals surface area contributed by atoms with Gasteiger partial charge in [-0.1, -0.05) is 29.3 Å². The molecule has 2 fully saturated rings. The van der Waals surface area contributed by atoms with E-state index in [4.69, 9.17) is 0 Å². The van der Waals surface area contributed by atoms with Gasteiger partial charge in [0.25, 0.3) is 0 Å². The summed E-state index contributed by atoms with van der Waals surface area (Å²) in [5.74, 6) is 0.633. The normalized spacial score (nSPS) is 33.9. The molecule has 2 aliphatic rings. The van der Waals surface area contributed by atoms with Crippen LogP contribution in [0.5, 0.6) is 0 Å². The fourth-order valence-corrected chi connectivity index (χ4v) is 5.25. The lowest BCUT2D eigenvalue weighted by Gasteiger charge is -2.42. The van der Waals surface area contributed by atoms with E-state index in [1.165, 1.54) is 19.3 Å². The molecule has 2 rings (SSSR count). The summed E-state index contributed by atoms with van der Waals surface area (Å²) in [5.41, 5.74) is 0.233. The van der Waals surface area contributed by atoms with Gasteiger partial charge in [0, 0.05) is 18.4 Å². The molecule has 0 aromatic carbocycles. The van der Waals surface area contributed by atoms with Gasteiger partial charge in [-0.05, 0) is 24.2 Å². The van der Waals surface area contributed by atoms with Crippen LogP contribution in [0.1, 0.15) is 26.2 Å². The number of hydrogen-bond donors (Lipinski definition) is 0. The highest BCUT2D eigenvalue weighted by Gasteiger charge is 2.43. The van der Waals surface area contributed by atoms with E-state index in [-0.39, 0.29) is 5.41 Å². The first-order valence-corrected chi connectivity index (χ1v) is 8.24. The van der Waals surface area contributed by atoms with Crippen molar-refractivity contribution >= 4 is 26.0 Å². The van der Waals surface area contributed by atoms with Crippen LogP contribution in [0.4, 0.5) is 0 Å². The summed E-state index contributed by atoms with van der Waals surface area (Å²) in [4.78, 5) is 0. The molecule has 1 heterocycles. The highest BCUT2D eigenvalue weighted by atomic mass is 79.9. The fraction of sp³-hybridized carbons (Fsp3) is 1.00. The molecular weight excluding hydrogens is 278 g/mol. The Morgan fingerprint density at radius 2 is 2.13 bits per heavy atom. The Labute approximate surface area is 100 Å². The minimum absolute atomic E-state index is 0.233. The molecule has 5 heteroatoms. The Morgan fingerprint density at radius 1 is 1.47 bits per heavy atom. The number of rotatable bonds is 3. The largest absolute Gasteiger partial charge is 0.214 e. The third-order valence-electron chi connectivity index (χ3n) is 3.61. The smallest absolute Gasteiger partial charge is 0.212 e. The summed E-state index contributed by atoms with van der Waals surface area (Å²) in [5, 5.41) is 0.931. The van der Waals surface area contributed by atoms with E-state index < -0.39 is 10.0 Å². The number of nitrogens with zero attached hydrogens (tertiary/aromatic N) is 1. The van der Waals surface area contributed by atoms with Gasteiger partial charge in [-0.25, -0.2) is 12.7 Å². The molecule has 15 heavy (non-hydrogen) atoms. The van der Waals surface area contributed by atoms with Crippen LogP contribution >= 0.6 is 15.9 Å². The van der Waals surface area contributed by atoms with Gasteiger partial charge >= 0.3 is 0 Å². The van der Waals surface area contributed by atoms with E-state index >= 15 is 0 Å². The summed E-state index contributed by atoms with van der Waals surface area (Å²) in [6.07, 6.45) is 3.58. The van der Waals surface area contributed by atoms with Crippen molar-refractivity contribution in [3.8, 4) is 0 Å². The maximum atomic E-state index is 11.8. The van der Waals surface area contributed by atoms with Crippen molar-refractivity contribution in [1.29, 1.82) is 0 Å². The molecule has 1 atom stereocenters.